The van der Waals surface area contributed by atoms with Crippen LogP contribution in [0.3, 0.4) is 0 Å². The number of aliphatic carboxylic acids is 1. The number of aliphatic hydroxyl groups is 3. The van der Waals surface area contributed by atoms with E-state index in [9.17, 15) is 25.2 Å². The lowest BCUT2D eigenvalue weighted by atomic mass is 9.51. The number of aromatic amines is 1. The molecule has 51 heavy (non-hydrogen) atoms. The van der Waals surface area contributed by atoms with Gasteiger partial charge in [-0.1, -0.05) is 51.1 Å². The van der Waals surface area contributed by atoms with E-state index in [0.717, 1.165) is 47.2 Å². The second kappa shape index (κ2) is 12.1. The Morgan fingerprint density at radius 3 is 2.61 bits per heavy atom. The van der Waals surface area contributed by atoms with Gasteiger partial charge in [-0.25, -0.2) is 0 Å². The molecule has 0 amide bonds. The molecule has 1 saturated heterocycles. The molecule has 2 fully saturated rings. The minimum absolute atomic E-state index is 0.0742. The van der Waals surface area contributed by atoms with E-state index in [2.05, 4.69) is 58.2 Å². The number of fused-ring (bicyclic) bond motifs is 4. The van der Waals surface area contributed by atoms with Crippen molar-refractivity contribution in [3.05, 3.63) is 70.9 Å². The molecule has 10 nitrogen and oxygen atoms in total. The highest BCUT2D eigenvalue weighted by atomic mass is 16.5. The molecule has 3 aromatic rings. The maximum absolute atomic E-state index is 14.5. The van der Waals surface area contributed by atoms with Gasteiger partial charge in [-0.05, 0) is 80.8 Å². The van der Waals surface area contributed by atoms with E-state index in [1.807, 2.05) is 38.2 Å². The maximum atomic E-state index is 14.5. The van der Waals surface area contributed by atoms with Crippen LogP contribution >= 0.6 is 0 Å². The minimum Gasteiger partial charge on any atom is -0.496 e. The molecular weight excluding hydrogens is 644 g/mol. The Morgan fingerprint density at radius 1 is 1.10 bits per heavy atom. The first-order valence-corrected chi connectivity index (χ1v) is 18.9. The lowest BCUT2D eigenvalue weighted by molar-refractivity contribution is -0.143. The summed E-state index contributed by atoms with van der Waals surface area (Å²) in [5.41, 5.74) is 1.26. The van der Waals surface area contributed by atoms with Crippen LogP contribution in [-0.4, -0.2) is 107 Å². The first-order chi connectivity index (χ1) is 24.4. The average molecular weight is 699 g/mol. The number of rotatable bonds is 5. The van der Waals surface area contributed by atoms with Gasteiger partial charge in [0.1, 0.15) is 17.3 Å². The number of H-pyrrole nitrogens is 1. The number of hydrogen-bond donors (Lipinski definition) is 6. The van der Waals surface area contributed by atoms with Gasteiger partial charge in [0, 0.05) is 70.9 Å². The largest absolute Gasteiger partial charge is 0.496 e. The third-order valence-corrected chi connectivity index (χ3v) is 14.0. The molecule has 9 atom stereocenters. The van der Waals surface area contributed by atoms with Crippen molar-refractivity contribution >= 4 is 22.6 Å². The van der Waals surface area contributed by atoms with Crippen LogP contribution < -0.4 is 15.0 Å². The number of nitrogens with one attached hydrogen (secondary N) is 2. The zero-order valence-electron chi connectivity index (χ0n) is 30.6. The number of ether oxygens (including phenoxy) is 1. The van der Waals surface area contributed by atoms with E-state index in [1.165, 1.54) is 0 Å². The summed E-state index contributed by atoms with van der Waals surface area (Å²) >= 11 is 0. The molecule has 0 bridgehead atoms. The fourth-order valence-corrected chi connectivity index (χ4v) is 11.8. The highest BCUT2D eigenvalue weighted by Gasteiger charge is 2.72. The van der Waals surface area contributed by atoms with Crippen LogP contribution in [0.5, 0.6) is 5.75 Å². The summed E-state index contributed by atoms with van der Waals surface area (Å²) in [7, 11) is 3.59. The molecule has 8 rings (SSSR count). The van der Waals surface area contributed by atoms with Crippen LogP contribution in [-0.2, 0) is 22.0 Å². The van der Waals surface area contributed by atoms with Crippen molar-refractivity contribution in [2.75, 3.05) is 45.2 Å². The van der Waals surface area contributed by atoms with Crippen LogP contribution in [0, 0.1) is 11.3 Å². The number of aliphatic hydroxyl groups excluding tert-OH is 2. The minimum atomic E-state index is -1.56. The number of carbonyl (C=O) groups is 1. The van der Waals surface area contributed by atoms with E-state index in [4.69, 9.17) is 4.74 Å². The molecule has 5 aliphatic rings. The molecule has 1 aliphatic carbocycles. The predicted octanol–water partition coefficient (Wildman–Crippen LogP) is 4.08. The van der Waals surface area contributed by atoms with Crippen LogP contribution in [0.1, 0.15) is 75.3 Å². The fourth-order valence-electron chi connectivity index (χ4n) is 11.8. The van der Waals surface area contributed by atoms with Gasteiger partial charge in [0.05, 0.1) is 24.9 Å². The summed E-state index contributed by atoms with van der Waals surface area (Å²) in [5, 5.41) is 52.1. The fraction of sp³-hybridized carbons (Fsp3) is 0.585. The van der Waals surface area contributed by atoms with E-state index >= 15 is 0 Å². The van der Waals surface area contributed by atoms with Crippen molar-refractivity contribution in [3.63, 3.8) is 0 Å². The van der Waals surface area contributed by atoms with Gasteiger partial charge in [-0.2, -0.15) is 0 Å². The summed E-state index contributed by atoms with van der Waals surface area (Å²) in [6, 6.07) is 11.7. The molecule has 1 saturated carbocycles. The normalized spacial score (nSPS) is 37.7. The number of para-hydroxylation sites is 1. The molecule has 6 N–H and O–H groups in total. The zero-order valence-corrected chi connectivity index (χ0v) is 30.6. The second-order valence-corrected chi connectivity index (χ2v) is 16.4. The number of methoxy groups -OCH3 is 1. The molecule has 0 radical (unpaired) electrons. The SMILES string of the molecule is CCC1(O)CNCCc2c([nH]c3ccccc23)C(C(=O)O)(c2cc3c(cc2OC)N(C)C2C(O)C(O)C4(CC)C=CCN5CCC32C54)CC(C)C1. The molecule has 1 spiro atoms. The van der Waals surface area contributed by atoms with E-state index in [1.54, 1.807) is 7.11 Å². The van der Waals surface area contributed by atoms with E-state index in [0.29, 0.717) is 55.8 Å². The Morgan fingerprint density at radius 2 is 1.88 bits per heavy atom. The molecular formula is C41H54N4O6. The second-order valence-electron chi connectivity index (χ2n) is 16.4. The topological polar surface area (TPSA) is 142 Å². The van der Waals surface area contributed by atoms with Crippen molar-refractivity contribution in [1.82, 2.24) is 15.2 Å². The highest BCUT2D eigenvalue weighted by Crippen LogP contribution is 2.65. The molecule has 4 aliphatic heterocycles. The van der Waals surface area contributed by atoms with Gasteiger partial charge in [0.2, 0.25) is 0 Å². The van der Waals surface area contributed by atoms with Crippen molar-refractivity contribution in [1.29, 1.82) is 0 Å². The molecule has 9 unspecified atom stereocenters. The summed E-state index contributed by atoms with van der Waals surface area (Å²) in [4.78, 5) is 22.7. The lowest BCUT2D eigenvalue weighted by Crippen LogP contribution is -2.73. The third-order valence-electron chi connectivity index (χ3n) is 14.0. The number of likely N-dealkylation sites (N-methyl/N-ethyl adjacent to an activating group) is 1. The number of carboxylic acids is 1. The number of benzene rings is 2. The number of anilines is 1. The third kappa shape index (κ3) is 4.56. The average Bonchev–Trinajstić information content (AvgIpc) is 3.77. The zero-order chi connectivity index (χ0) is 36.1. The number of carboxylic acid groups (broad SMARTS) is 1. The predicted molar refractivity (Wildman–Crippen MR) is 198 cm³/mol. The first kappa shape index (κ1) is 34.7. The Kier molecular flexibility index (Phi) is 8.20. The van der Waals surface area contributed by atoms with Crippen LogP contribution in [0.2, 0.25) is 0 Å². The van der Waals surface area contributed by atoms with Gasteiger partial charge in [-0.15, -0.1) is 0 Å². The maximum Gasteiger partial charge on any atom is 0.320 e. The van der Waals surface area contributed by atoms with Crippen molar-refractivity contribution in [2.24, 2.45) is 11.3 Å². The van der Waals surface area contributed by atoms with Crippen molar-refractivity contribution < 1.29 is 30.0 Å². The summed E-state index contributed by atoms with van der Waals surface area (Å²) in [6.07, 6.45) is 5.59. The molecule has 2 aromatic carbocycles. The van der Waals surface area contributed by atoms with Crippen molar-refractivity contribution in [2.45, 2.75) is 100 Å². The molecule has 1 aromatic heterocycles. The Hall–Kier alpha value is -3.41. The number of β-amino-alcohol motifs (C(OH)–C–C–N with tert-alkyl or cyclic N) is 1. The Balaban J connectivity index is 1.42. The van der Waals surface area contributed by atoms with Crippen LogP contribution in [0.4, 0.5) is 5.69 Å². The van der Waals surface area contributed by atoms with Gasteiger partial charge in [-0.3, -0.25) is 9.69 Å². The standard InChI is InChI=1S/C41H54N4O6/c1-6-38(50)21-24(3)22-41(37(48)49,33-26(13-16-42-23-38)25-11-8-9-12-29(25)43-33)28-19-27-30(20-31(28)51-5)44(4)34-32(46)35(47)39(7-2)14-10-17-45-18-15-40(27,34)36(39)45/h8-12,14,19-20,24,32,34-36,42-43,46-47,50H,6-7,13,15-18,21-23H2,1-5H3,(H,48,49). The van der Waals surface area contributed by atoms with Crippen LogP contribution in [0.25, 0.3) is 10.9 Å². The molecule has 274 valence electrons. The Bertz CT molecular complexity index is 1890. The monoisotopic (exact) mass is 698 g/mol. The Labute approximate surface area is 300 Å². The molecule has 10 heteroatoms. The van der Waals surface area contributed by atoms with E-state index < -0.39 is 46.1 Å². The lowest BCUT2D eigenvalue weighted by Gasteiger charge is -2.60. The summed E-state index contributed by atoms with van der Waals surface area (Å²) < 4.78 is 6.21. The number of nitrogens with zero attached hydrogens (tertiary/aromatic N) is 2. The van der Waals surface area contributed by atoms with Gasteiger partial charge < -0.3 is 40.4 Å². The quantitative estimate of drug-likeness (QED) is 0.218. The first-order valence-electron chi connectivity index (χ1n) is 18.9. The molecule has 5 heterocycles. The van der Waals surface area contributed by atoms with Gasteiger partial charge in [0.25, 0.3) is 0 Å². The van der Waals surface area contributed by atoms with Crippen LogP contribution in [0.15, 0.2) is 48.6 Å². The van der Waals surface area contributed by atoms with Crippen molar-refractivity contribution in [3.8, 4) is 5.75 Å². The van der Waals surface area contributed by atoms with Gasteiger partial charge >= 0.3 is 5.97 Å². The smallest absolute Gasteiger partial charge is 0.320 e. The number of hydrogen-bond acceptors (Lipinski definition) is 8. The van der Waals surface area contributed by atoms with Gasteiger partial charge in [0.15, 0.2) is 0 Å². The number of aromatic nitrogens is 1. The highest BCUT2D eigenvalue weighted by molar-refractivity contribution is 5.93. The van der Waals surface area contributed by atoms with E-state index in [-0.39, 0.29) is 18.4 Å². The summed E-state index contributed by atoms with van der Waals surface area (Å²) in [5.74, 6) is -0.672. The summed E-state index contributed by atoms with van der Waals surface area (Å²) in [6.45, 7) is 8.75.